The van der Waals surface area contributed by atoms with Gasteiger partial charge < -0.3 is 0 Å². The fourth-order valence-corrected chi connectivity index (χ4v) is 5.79. The van der Waals surface area contributed by atoms with Crippen LogP contribution >= 0.6 is 0 Å². The third kappa shape index (κ3) is 3.84. The molecule has 0 bridgehead atoms. The molecule has 0 nitrogen and oxygen atoms in total. The lowest BCUT2D eigenvalue weighted by atomic mass is 9.77. The van der Waals surface area contributed by atoms with Gasteiger partial charge in [0.05, 0.1) is 0 Å². The fraction of sp³-hybridized carbons (Fsp3) is 0.400. The molecule has 2 aliphatic carbocycles. The van der Waals surface area contributed by atoms with E-state index in [0.717, 1.165) is 30.4 Å². The van der Waals surface area contributed by atoms with E-state index >= 15 is 0 Å². The molecule has 2 aromatic rings. The van der Waals surface area contributed by atoms with Gasteiger partial charge in [-0.3, -0.25) is 0 Å². The van der Waals surface area contributed by atoms with Crippen LogP contribution in [0.4, 0.5) is 4.39 Å². The second-order valence-electron chi connectivity index (χ2n) is 9.92. The molecule has 162 valence electrons. The van der Waals surface area contributed by atoms with Crippen LogP contribution in [0.1, 0.15) is 71.4 Å². The summed E-state index contributed by atoms with van der Waals surface area (Å²) < 4.78 is 13.5. The van der Waals surface area contributed by atoms with E-state index in [1.807, 2.05) is 12.1 Å². The van der Waals surface area contributed by atoms with Crippen molar-refractivity contribution in [3.05, 3.63) is 89.3 Å². The first-order valence-electron chi connectivity index (χ1n) is 11.8. The molecule has 0 heterocycles. The van der Waals surface area contributed by atoms with E-state index in [2.05, 4.69) is 77.1 Å². The van der Waals surface area contributed by atoms with E-state index in [9.17, 15) is 4.39 Å². The highest BCUT2D eigenvalue weighted by molar-refractivity contribution is 5.77. The van der Waals surface area contributed by atoms with E-state index < -0.39 is 0 Å². The van der Waals surface area contributed by atoms with Crippen molar-refractivity contribution in [3.63, 3.8) is 0 Å². The molecule has 2 aromatic carbocycles. The number of allylic oxidation sites excluding steroid dienone is 6. The molecular formula is C30H35F. The van der Waals surface area contributed by atoms with E-state index in [0.29, 0.717) is 5.92 Å². The molecule has 0 aromatic heterocycles. The SMILES string of the molecule is CCC12C[C@@]1(CC)/C=C/C=C(CC(C)C)\C=C(/C)c1cc(-c3ccc(F)cc3)ccc12. The van der Waals surface area contributed by atoms with Gasteiger partial charge in [-0.05, 0) is 95.5 Å². The highest BCUT2D eigenvalue weighted by Crippen LogP contribution is 2.70. The first-order chi connectivity index (χ1) is 14.8. The maximum Gasteiger partial charge on any atom is 0.123 e. The number of fused-ring (bicyclic) bond motifs is 3. The summed E-state index contributed by atoms with van der Waals surface area (Å²) in [6.45, 7) is 11.5. The quantitative estimate of drug-likeness (QED) is 0.458. The molecule has 0 radical (unpaired) electrons. The maximum absolute atomic E-state index is 13.5. The Bertz CT molecular complexity index is 1050. The molecule has 0 aliphatic heterocycles. The van der Waals surface area contributed by atoms with Crippen molar-refractivity contribution >= 4 is 5.57 Å². The molecule has 1 unspecified atom stereocenters. The molecule has 1 heteroatoms. The molecule has 0 saturated heterocycles. The largest absolute Gasteiger partial charge is 0.207 e. The van der Waals surface area contributed by atoms with Gasteiger partial charge in [0.1, 0.15) is 5.82 Å². The summed E-state index contributed by atoms with van der Waals surface area (Å²) in [5.74, 6) is 0.428. The fourth-order valence-electron chi connectivity index (χ4n) is 5.79. The Morgan fingerprint density at radius 1 is 0.968 bits per heavy atom. The van der Waals surface area contributed by atoms with Crippen molar-refractivity contribution in [2.24, 2.45) is 11.3 Å². The molecule has 0 spiro atoms. The lowest BCUT2D eigenvalue weighted by Gasteiger charge is -2.27. The van der Waals surface area contributed by atoms with Crippen molar-refractivity contribution in [3.8, 4) is 11.1 Å². The molecule has 1 saturated carbocycles. The normalized spacial score (nSPS) is 29.3. The van der Waals surface area contributed by atoms with E-state index in [-0.39, 0.29) is 16.6 Å². The Labute approximate surface area is 187 Å². The standard InChI is InChI=1S/C30H35F/c1-6-29-16-8-9-23(17-21(3)4)18-22(5)27-19-25(24-10-13-26(31)14-11-24)12-15-28(27)30(29,7-2)20-29/h8-16,18-19,21H,6-7,17,20H2,1-5H3/b16-8+,22-18+,23-9-/t29-,30?/m1/s1. The molecular weight excluding hydrogens is 379 g/mol. The minimum absolute atomic E-state index is 0.190. The molecule has 2 atom stereocenters. The van der Waals surface area contributed by atoms with Crippen molar-refractivity contribution in [2.45, 2.75) is 65.7 Å². The Morgan fingerprint density at radius 2 is 1.68 bits per heavy atom. The highest BCUT2D eigenvalue weighted by atomic mass is 19.1. The second kappa shape index (κ2) is 8.26. The average Bonchev–Trinajstić information content (AvgIpc) is 3.42. The zero-order valence-electron chi connectivity index (χ0n) is 19.6. The first-order valence-corrected chi connectivity index (χ1v) is 11.8. The summed E-state index contributed by atoms with van der Waals surface area (Å²) in [6.07, 6.45) is 14.1. The van der Waals surface area contributed by atoms with Gasteiger partial charge in [-0.15, -0.1) is 0 Å². The van der Waals surface area contributed by atoms with Gasteiger partial charge in [-0.25, -0.2) is 4.39 Å². The monoisotopic (exact) mass is 414 g/mol. The number of halogens is 1. The summed E-state index contributed by atoms with van der Waals surface area (Å²) in [4.78, 5) is 0. The summed E-state index contributed by atoms with van der Waals surface area (Å²) >= 11 is 0. The van der Waals surface area contributed by atoms with Crippen LogP contribution in [0.5, 0.6) is 0 Å². The van der Waals surface area contributed by atoms with E-state index in [1.54, 1.807) is 12.1 Å². The molecule has 0 N–H and O–H groups in total. The van der Waals surface area contributed by atoms with Crippen molar-refractivity contribution in [2.75, 3.05) is 0 Å². The third-order valence-electron chi connectivity index (χ3n) is 7.59. The summed E-state index contributed by atoms with van der Waals surface area (Å²) in [5, 5.41) is 0. The Morgan fingerprint density at radius 3 is 2.32 bits per heavy atom. The second-order valence-corrected chi connectivity index (χ2v) is 9.92. The first kappa shape index (κ1) is 21.8. The van der Waals surface area contributed by atoms with Gasteiger partial charge in [0.15, 0.2) is 0 Å². The van der Waals surface area contributed by atoms with Gasteiger partial charge in [-0.1, -0.05) is 76.3 Å². The van der Waals surface area contributed by atoms with Gasteiger partial charge >= 0.3 is 0 Å². The summed E-state index contributed by atoms with van der Waals surface area (Å²) in [6, 6.07) is 13.8. The molecule has 31 heavy (non-hydrogen) atoms. The minimum Gasteiger partial charge on any atom is -0.207 e. The lowest BCUT2D eigenvalue weighted by molar-refractivity contribution is 0.477. The van der Waals surface area contributed by atoms with Crippen LogP contribution in [0, 0.1) is 17.2 Å². The number of rotatable bonds is 5. The van der Waals surface area contributed by atoms with Crippen LogP contribution in [0.15, 0.2) is 72.3 Å². The van der Waals surface area contributed by atoms with Crippen LogP contribution in [0.2, 0.25) is 0 Å². The highest BCUT2D eigenvalue weighted by Gasteiger charge is 2.64. The zero-order chi connectivity index (χ0) is 22.2. The molecule has 4 rings (SSSR count). The predicted molar refractivity (Wildman–Crippen MR) is 131 cm³/mol. The van der Waals surface area contributed by atoms with Crippen molar-refractivity contribution < 1.29 is 4.39 Å². The lowest BCUT2D eigenvalue weighted by Crippen LogP contribution is -2.18. The molecule has 2 aliphatic rings. The van der Waals surface area contributed by atoms with Gasteiger partial charge in [-0.2, -0.15) is 0 Å². The Balaban J connectivity index is 1.91. The molecule has 1 fully saturated rings. The van der Waals surface area contributed by atoms with Crippen LogP contribution in [0.25, 0.3) is 16.7 Å². The van der Waals surface area contributed by atoms with Crippen molar-refractivity contribution in [1.29, 1.82) is 0 Å². The van der Waals surface area contributed by atoms with Crippen molar-refractivity contribution in [1.82, 2.24) is 0 Å². The number of hydrogen-bond acceptors (Lipinski definition) is 0. The Hall–Kier alpha value is -2.41. The van der Waals surface area contributed by atoms with Crippen LogP contribution in [-0.4, -0.2) is 0 Å². The number of benzene rings is 2. The third-order valence-corrected chi connectivity index (χ3v) is 7.59. The van der Waals surface area contributed by atoms with Crippen LogP contribution < -0.4 is 0 Å². The maximum atomic E-state index is 13.5. The van der Waals surface area contributed by atoms with Crippen LogP contribution in [0.3, 0.4) is 0 Å². The number of hydrogen-bond donors (Lipinski definition) is 0. The smallest absolute Gasteiger partial charge is 0.123 e. The van der Waals surface area contributed by atoms with E-state index in [1.165, 1.54) is 28.7 Å². The summed E-state index contributed by atoms with van der Waals surface area (Å²) in [7, 11) is 0. The van der Waals surface area contributed by atoms with E-state index in [4.69, 9.17) is 0 Å². The topological polar surface area (TPSA) is 0 Å². The van der Waals surface area contributed by atoms with Gasteiger partial charge in [0.25, 0.3) is 0 Å². The zero-order valence-corrected chi connectivity index (χ0v) is 19.6. The average molecular weight is 415 g/mol. The van der Waals surface area contributed by atoms with Crippen LogP contribution in [-0.2, 0) is 5.41 Å². The summed E-state index contributed by atoms with van der Waals surface area (Å²) in [5.41, 5.74) is 8.20. The van der Waals surface area contributed by atoms with Gasteiger partial charge in [0.2, 0.25) is 0 Å². The van der Waals surface area contributed by atoms with Gasteiger partial charge in [0, 0.05) is 5.41 Å². The molecule has 0 amide bonds. The minimum atomic E-state index is -0.190. The Kier molecular flexibility index (Phi) is 5.81. The predicted octanol–water partition coefficient (Wildman–Crippen LogP) is 8.89.